The number of unbranched alkanes of at least 4 members (excludes halogenated alkanes) is 3. The lowest BCUT2D eigenvalue weighted by Gasteiger charge is -2.32. The Balaban J connectivity index is 2.89. The third-order valence-electron chi connectivity index (χ3n) is 4.98. The van der Waals surface area contributed by atoms with Gasteiger partial charge in [-0.05, 0) is 11.6 Å². The van der Waals surface area contributed by atoms with Gasteiger partial charge in [-0.15, -0.1) is 0 Å². The van der Waals surface area contributed by atoms with E-state index < -0.39 is 8.07 Å². The molecule has 0 aliphatic carbocycles. The first kappa shape index (κ1) is 19.2. The van der Waals surface area contributed by atoms with E-state index in [2.05, 4.69) is 51.6 Å². The van der Waals surface area contributed by atoms with Crippen molar-refractivity contribution in [1.29, 1.82) is 0 Å². The maximum absolute atomic E-state index is 3.87. The minimum atomic E-state index is -1.15. The minimum absolute atomic E-state index is 1.15. The Hall–Kier alpha value is -0.823. The molecule has 0 unspecified atom stereocenters. The predicted molar refractivity (Wildman–Crippen MR) is 105 cm³/mol. The van der Waals surface area contributed by atoms with Gasteiger partial charge in [0.1, 0.15) is 0 Å². The van der Waals surface area contributed by atoms with Gasteiger partial charge in [0.2, 0.25) is 0 Å². The molecule has 1 aromatic carbocycles. The molecule has 124 valence electrons. The summed E-state index contributed by atoms with van der Waals surface area (Å²) in [6, 6.07) is 15.2. The maximum atomic E-state index is 3.87. The van der Waals surface area contributed by atoms with Crippen LogP contribution in [0, 0.1) is 0 Å². The fourth-order valence-electron chi connectivity index (χ4n) is 3.50. The van der Waals surface area contributed by atoms with Crippen LogP contribution in [0.4, 0.5) is 0 Å². The first-order chi connectivity index (χ1) is 10.7. The lowest BCUT2D eigenvalue weighted by atomic mass is 10.1. The summed E-state index contributed by atoms with van der Waals surface area (Å²) < 4.78 is 0. The Morgan fingerprint density at radius 1 is 0.818 bits per heavy atom. The van der Waals surface area contributed by atoms with Crippen LogP contribution in [0.25, 0.3) is 6.08 Å². The highest BCUT2D eigenvalue weighted by Gasteiger charge is 2.30. The van der Waals surface area contributed by atoms with E-state index in [0.717, 1.165) is 0 Å². The molecule has 0 fully saturated rings. The Bertz CT molecular complexity index is 383. The lowest BCUT2D eigenvalue weighted by Crippen LogP contribution is -2.37. The molecule has 1 aromatic rings. The predicted octanol–water partition coefficient (Wildman–Crippen LogP) is 7.26. The third-order valence-corrected chi connectivity index (χ3v) is 10.4. The molecule has 0 amide bonds. The molecule has 0 aliphatic rings. The summed E-state index contributed by atoms with van der Waals surface area (Å²) in [5, 5.41) is 0. The molecule has 0 radical (unpaired) electrons. The molecule has 0 N–H and O–H groups in total. The Morgan fingerprint density at radius 2 is 1.27 bits per heavy atom. The summed E-state index contributed by atoms with van der Waals surface area (Å²) in [4.78, 5) is 0. The molecular formula is C21H36Si. The van der Waals surface area contributed by atoms with Crippen LogP contribution in [0.1, 0.15) is 70.4 Å². The minimum Gasteiger partial charge on any atom is -0.0985 e. The highest BCUT2D eigenvalue weighted by atomic mass is 28.3. The molecule has 0 spiro atoms. The highest BCUT2D eigenvalue weighted by molar-refractivity contribution is 6.79. The van der Waals surface area contributed by atoms with Gasteiger partial charge < -0.3 is 0 Å². The van der Waals surface area contributed by atoms with Gasteiger partial charge in [-0.3, -0.25) is 0 Å². The molecule has 0 saturated heterocycles. The van der Waals surface area contributed by atoms with Crippen molar-refractivity contribution >= 4 is 14.1 Å². The van der Waals surface area contributed by atoms with E-state index in [4.69, 9.17) is 0 Å². The smallest absolute Gasteiger partial charge is 0.0579 e. The monoisotopic (exact) mass is 316 g/mol. The van der Waals surface area contributed by atoms with Gasteiger partial charge >= 0.3 is 0 Å². The molecule has 0 saturated carbocycles. The second kappa shape index (κ2) is 10.8. The van der Waals surface area contributed by atoms with Crippen LogP contribution in [-0.2, 0) is 6.04 Å². The quantitative estimate of drug-likeness (QED) is 0.356. The molecular weight excluding hydrogens is 280 g/mol. The van der Waals surface area contributed by atoms with Crippen LogP contribution < -0.4 is 0 Å². The van der Waals surface area contributed by atoms with Crippen molar-refractivity contribution in [2.45, 2.75) is 83.5 Å². The van der Waals surface area contributed by atoms with Crippen molar-refractivity contribution in [1.82, 2.24) is 0 Å². The molecule has 0 bridgehead atoms. The van der Waals surface area contributed by atoms with Crippen molar-refractivity contribution in [3.05, 3.63) is 42.0 Å². The van der Waals surface area contributed by atoms with Gasteiger partial charge in [0, 0.05) is 0 Å². The van der Waals surface area contributed by atoms with Crippen molar-refractivity contribution in [3.63, 3.8) is 0 Å². The van der Waals surface area contributed by atoms with E-state index in [1.807, 2.05) is 6.08 Å². The Labute approximate surface area is 140 Å². The normalized spacial score (nSPS) is 11.6. The summed E-state index contributed by atoms with van der Waals surface area (Å²) in [6.07, 6.45) is 10.3. The van der Waals surface area contributed by atoms with E-state index in [1.165, 1.54) is 68.3 Å². The lowest BCUT2D eigenvalue weighted by molar-refractivity contribution is 0.784. The van der Waals surface area contributed by atoms with Crippen LogP contribution >= 0.6 is 0 Å². The van der Waals surface area contributed by atoms with Crippen LogP contribution in [0.5, 0.6) is 0 Å². The number of rotatable bonds is 12. The average Bonchev–Trinajstić information content (AvgIpc) is 2.56. The Kier molecular flexibility index (Phi) is 9.46. The zero-order chi connectivity index (χ0) is 16.3. The summed E-state index contributed by atoms with van der Waals surface area (Å²) in [5.74, 6) is 0. The SMILES string of the molecule is C=Cc1ccc(C[Si](CCCC)(CCCC)CCCC)cc1. The fraction of sp³-hybridized carbons (Fsp3) is 0.619. The van der Waals surface area contributed by atoms with Crippen LogP contribution in [0.15, 0.2) is 30.8 Å². The zero-order valence-electron chi connectivity index (χ0n) is 15.2. The van der Waals surface area contributed by atoms with Crippen LogP contribution in [0.2, 0.25) is 18.1 Å². The van der Waals surface area contributed by atoms with Gasteiger partial charge in [-0.2, -0.15) is 0 Å². The van der Waals surface area contributed by atoms with Crippen molar-refractivity contribution < 1.29 is 0 Å². The summed E-state index contributed by atoms with van der Waals surface area (Å²) in [5.41, 5.74) is 2.81. The number of hydrogen-bond acceptors (Lipinski definition) is 0. The van der Waals surface area contributed by atoms with E-state index in [1.54, 1.807) is 5.56 Å². The van der Waals surface area contributed by atoms with Crippen LogP contribution in [0.3, 0.4) is 0 Å². The highest BCUT2D eigenvalue weighted by Crippen LogP contribution is 2.31. The van der Waals surface area contributed by atoms with Crippen molar-refractivity contribution in [3.8, 4) is 0 Å². The summed E-state index contributed by atoms with van der Waals surface area (Å²) >= 11 is 0. The molecule has 0 aliphatic heterocycles. The molecule has 0 nitrogen and oxygen atoms in total. The van der Waals surface area contributed by atoms with E-state index in [-0.39, 0.29) is 0 Å². The van der Waals surface area contributed by atoms with Gasteiger partial charge in [0.25, 0.3) is 0 Å². The molecule has 22 heavy (non-hydrogen) atoms. The molecule has 0 heterocycles. The number of hydrogen-bond donors (Lipinski definition) is 0. The van der Waals surface area contributed by atoms with Crippen molar-refractivity contribution in [2.24, 2.45) is 0 Å². The second-order valence-electron chi connectivity index (χ2n) is 6.93. The van der Waals surface area contributed by atoms with Crippen molar-refractivity contribution in [2.75, 3.05) is 0 Å². The molecule has 1 heteroatoms. The number of benzene rings is 1. The largest absolute Gasteiger partial charge is 0.0985 e. The average molecular weight is 317 g/mol. The first-order valence-electron chi connectivity index (χ1n) is 9.41. The van der Waals surface area contributed by atoms with Gasteiger partial charge in [-0.25, -0.2) is 0 Å². The zero-order valence-corrected chi connectivity index (χ0v) is 16.2. The fourth-order valence-corrected chi connectivity index (χ4v) is 9.19. The first-order valence-corrected chi connectivity index (χ1v) is 12.2. The van der Waals surface area contributed by atoms with Crippen LogP contribution in [-0.4, -0.2) is 8.07 Å². The third kappa shape index (κ3) is 6.52. The van der Waals surface area contributed by atoms with E-state index in [9.17, 15) is 0 Å². The maximum Gasteiger partial charge on any atom is 0.0579 e. The van der Waals surface area contributed by atoms with Gasteiger partial charge in [0.05, 0.1) is 8.07 Å². The van der Waals surface area contributed by atoms with Gasteiger partial charge in [0.15, 0.2) is 0 Å². The second-order valence-corrected chi connectivity index (χ2v) is 11.8. The topological polar surface area (TPSA) is 0 Å². The summed E-state index contributed by atoms with van der Waals surface area (Å²) in [7, 11) is -1.15. The Morgan fingerprint density at radius 3 is 1.64 bits per heavy atom. The molecule has 1 rings (SSSR count). The summed E-state index contributed by atoms with van der Waals surface area (Å²) in [6.45, 7) is 10.9. The van der Waals surface area contributed by atoms with Gasteiger partial charge in [-0.1, -0.05) is 120 Å². The molecule has 0 aromatic heterocycles. The van der Waals surface area contributed by atoms with E-state index >= 15 is 0 Å². The standard InChI is InChI=1S/C21H36Si/c1-5-9-16-22(17-10-6-2,18-11-7-3)19-21-14-12-20(8-4)13-15-21/h8,12-15H,4-7,9-11,16-19H2,1-3H3. The molecule has 0 atom stereocenters. The van der Waals surface area contributed by atoms with E-state index in [0.29, 0.717) is 0 Å².